The maximum atomic E-state index is 6.23. The monoisotopic (exact) mass is 254 g/mol. The quantitative estimate of drug-likeness (QED) is 0.898. The van der Waals surface area contributed by atoms with Crippen LogP contribution in [0.25, 0.3) is 0 Å². The molecule has 0 bridgehead atoms. The van der Waals surface area contributed by atoms with E-state index in [1.165, 1.54) is 0 Å². The SMILES string of the molecule is CCn1nc(C)c(Cl)c1Cn1nnc(N)c1C. The Morgan fingerprint density at radius 3 is 2.53 bits per heavy atom. The van der Waals surface area contributed by atoms with Crippen LogP contribution < -0.4 is 5.73 Å². The van der Waals surface area contributed by atoms with Gasteiger partial charge < -0.3 is 5.73 Å². The summed E-state index contributed by atoms with van der Waals surface area (Å²) in [7, 11) is 0. The van der Waals surface area contributed by atoms with Gasteiger partial charge in [-0.25, -0.2) is 4.68 Å². The largest absolute Gasteiger partial charge is 0.381 e. The molecule has 2 N–H and O–H groups in total. The summed E-state index contributed by atoms with van der Waals surface area (Å²) < 4.78 is 3.60. The molecule has 6 nitrogen and oxygen atoms in total. The molecule has 0 aromatic carbocycles. The fraction of sp³-hybridized carbons (Fsp3) is 0.500. The van der Waals surface area contributed by atoms with E-state index in [1.54, 1.807) is 4.68 Å². The lowest BCUT2D eigenvalue weighted by Crippen LogP contribution is -2.10. The second-order valence-electron chi connectivity index (χ2n) is 3.88. The Balaban J connectivity index is 2.39. The van der Waals surface area contributed by atoms with Crippen molar-refractivity contribution in [1.29, 1.82) is 0 Å². The van der Waals surface area contributed by atoms with Gasteiger partial charge in [-0.15, -0.1) is 5.10 Å². The molecular weight excluding hydrogens is 240 g/mol. The standard InChI is InChI=1S/C10H15ClN6/c1-4-16-8(9(11)6(2)14-16)5-17-7(3)10(12)13-15-17/h4-5,12H2,1-3H3. The number of rotatable bonds is 3. The van der Waals surface area contributed by atoms with E-state index in [-0.39, 0.29) is 0 Å². The molecule has 0 saturated carbocycles. The van der Waals surface area contributed by atoms with Gasteiger partial charge in [0.25, 0.3) is 0 Å². The van der Waals surface area contributed by atoms with Crippen LogP contribution in [0.5, 0.6) is 0 Å². The first kappa shape index (κ1) is 11.9. The Morgan fingerprint density at radius 1 is 1.29 bits per heavy atom. The molecule has 7 heteroatoms. The van der Waals surface area contributed by atoms with Crippen LogP contribution in [0.1, 0.15) is 24.0 Å². The van der Waals surface area contributed by atoms with E-state index >= 15 is 0 Å². The minimum Gasteiger partial charge on any atom is -0.381 e. The van der Waals surface area contributed by atoms with Gasteiger partial charge >= 0.3 is 0 Å². The average molecular weight is 255 g/mol. The molecule has 0 atom stereocenters. The van der Waals surface area contributed by atoms with Crippen molar-refractivity contribution in [3.63, 3.8) is 0 Å². The van der Waals surface area contributed by atoms with E-state index in [0.717, 1.165) is 23.6 Å². The number of nitrogens with zero attached hydrogens (tertiary/aromatic N) is 5. The van der Waals surface area contributed by atoms with Gasteiger partial charge in [-0.05, 0) is 20.8 Å². The summed E-state index contributed by atoms with van der Waals surface area (Å²) in [6.45, 7) is 7.09. The molecule has 0 fully saturated rings. The topological polar surface area (TPSA) is 74.5 Å². The van der Waals surface area contributed by atoms with Crippen molar-refractivity contribution >= 4 is 17.4 Å². The Hall–Kier alpha value is -1.56. The number of hydrogen-bond acceptors (Lipinski definition) is 4. The van der Waals surface area contributed by atoms with E-state index in [4.69, 9.17) is 17.3 Å². The first-order valence-corrected chi connectivity index (χ1v) is 5.79. The molecule has 0 aliphatic heterocycles. The molecule has 2 heterocycles. The fourth-order valence-corrected chi connectivity index (χ4v) is 1.88. The third-order valence-electron chi connectivity index (χ3n) is 2.77. The number of aromatic nitrogens is 5. The molecule has 0 amide bonds. The molecule has 2 aromatic rings. The summed E-state index contributed by atoms with van der Waals surface area (Å²) in [4.78, 5) is 0. The lowest BCUT2D eigenvalue weighted by molar-refractivity contribution is 0.558. The summed E-state index contributed by atoms with van der Waals surface area (Å²) >= 11 is 6.23. The van der Waals surface area contributed by atoms with Gasteiger partial charge in [0.2, 0.25) is 0 Å². The number of halogens is 1. The van der Waals surface area contributed by atoms with Crippen LogP contribution >= 0.6 is 11.6 Å². The van der Waals surface area contributed by atoms with Gasteiger partial charge in [0.1, 0.15) is 0 Å². The van der Waals surface area contributed by atoms with Crippen molar-refractivity contribution < 1.29 is 0 Å². The predicted octanol–water partition coefficient (Wildman–Crippen LogP) is 1.40. The highest BCUT2D eigenvalue weighted by molar-refractivity contribution is 6.31. The molecule has 0 unspecified atom stereocenters. The zero-order valence-corrected chi connectivity index (χ0v) is 10.9. The van der Waals surface area contributed by atoms with Crippen molar-refractivity contribution in [2.24, 2.45) is 0 Å². The van der Waals surface area contributed by atoms with E-state index in [2.05, 4.69) is 15.4 Å². The average Bonchev–Trinajstić information content (AvgIpc) is 2.76. The third kappa shape index (κ3) is 2.00. The van der Waals surface area contributed by atoms with E-state index in [1.807, 2.05) is 25.5 Å². The van der Waals surface area contributed by atoms with Crippen LogP contribution in [0.3, 0.4) is 0 Å². The lowest BCUT2D eigenvalue weighted by atomic mass is 10.3. The van der Waals surface area contributed by atoms with Crippen molar-refractivity contribution in [2.45, 2.75) is 33.9 Å². The highest BCUT2D eigenvalue weighted by Gasteiger charge is 2.15. The first-order chi connectivity index (χ1) is 8.04. The van der Waals surface area contributed by atoms with E-state index < -0.39 is 0 Å². The molecule has 0 spiro atoms. The predicted molar refractivity (Wildman–Crippen MR) is 65.9 cm³/mol. The highest BCUT2D eigenvalue weighted by atomic mass is 35.5. The highest BCUT2D eigenvalue weighted by Crippen LogP contribution is 2.21. The smallest absolute Gasteiger partial charge is 0.168 e. The number of nitrogen functional groups attached to an aromatic ring is 1. The van der Waals surface area contributed by atoms with Crippen molar-refractivity contribution in [1.82, 2.24) is 24.8 Å². The molecule has 2 aromatic heterocycles. The molecule has 17 heavy (non-hydrogen) atoms. The number of nitrogens with two attached hydrogens (primary N) is 1. The Morgan fingerprint density at radius 2 is 2.00 bits per heavy atom. The first-order valence-electron chi connectivity index (χ1n) is 5.42. The summed E-state index contributed by atoms with van der Waals surface area (Å²) in [5, 5.41) is 12.8. The van der Waals surface area contributed by atoms with Crippen LogP contribution in [-0.2, 0) is 13.1 Å². The minimum absolute atomic E-state index is 0.445. The van der Waals surface area contributed by atoms with Crippen molar-refractivity contribution in [3.05, 3.63) is 22.1 Å². The Labute approximate surface area is 104 Å². The van der Waals surface area contributed by atoms with E-state index in [9.17, 15) is 0 Å². The molecule has 0 saturated heterocycles. The van der Waals surface area contributed by atoms with E-state index in [0.29, 0.717) is 17.4 Å². The Kier molecular flexibility index (Phi) is 3.06. The number of aryl methyl sites for hydroxylation is 2. The fourth-order valence-electron chi connectivity index (χ4n) is 1.69. The lowest BCUT2D eigenvalue weighted by Gasteiger charge is -2.06. The van der Waals surface area contributed by atoms with Gasteiger partial charge in [0.05, 0.1) is 28.6 Å². The third-order valence-corrected chi connectivity index (χ3v) is 3.26. The maximum absolute atomic E-state index is 6.23. The molecule has 2 rings (SSSR count). The second-order valence-corrected chi connectivity index (χ2v) is 4.26. The van der Waals surface area contributed by atoms with Gasteiger partial charge in [-0.3, -0.25) is 4.68 Å². The van der Waals surface area contributed by atoms with Crippen LogP contribution in [0.2, 0.25) is 5.02 Å². The summed E-state index contributed by atoms with van der Waals surface area (Å²) in [5.41, 5.74) is 8.25. The summed E-state index contributed by atoms with van der Waals surface area (Å²) in [5.74, 6) is 0.445. The molecular formula is C10H15ClN6. The van der Waals surface area contributed by atoms with Gasteiger partial charge in [-0.2, -0.15) is 5.10 Å². The number of anilines is 1. The van der Waals surface area contributed by atoms with Crippen LogP contribution in [0, 0.1) is 13.8 Å². The molecule has 0 aliphatic carbocycles. The van der Waals surface area contributed by atoms with Gasteiger partial charge in [0, 0.05) is 6.54 Å². The van der Waals surface area contributed by atoms with Gasteiger partial charge in [-0.1, -0.05) is 16.8 Å². The maximum Gasteiger partial charge on any atom is 0.168 e. The summed E-state index contributed by atoms with van der Waals surface area (Å²) in [6.07, 6.45) is 0. The number of hydrogen-bond donors (Lipinski definition) is 1. The second kappa shape index (κ2) is 4.37. The zero-order chi connectivity index (χ0) is 12.6. The molecule has 0 radical (unpaired) electrons. The van der Waals surface area contributed by atoms with Crippen LogP contribution in [0.4, 0.5) is 5.82 Å². The summed E-state index contributed by atoms with van der Waals surface area (Å²) in [6, 6.07) is 0. The van der Waals surface area contributed by atoms with Crippen molar-refractivity contribution in [2.75, 3.05) is 5.73 Å². The minimum atomic E-state index is 0.445. The van der Waals surface area contributed by atoms with Crippen LogP contribution in [0.15, 0.2) is 0 Å². The molecule has 0 aliphatic rings. The van der Waals surface area contributed by atoms with Crippen LogP contribution in [-0.4, -0.2) is 24.8 Å². The van der Waals surface area contributed by atoms with Crippen molar-refractivity contribution in [3.8, 4) is 0 Å². The molecule has 92 valence electrons. The van der Waals surface area contributed by atoms with Gasteiger partial charge in [0.15, 0.2) is 5.82 Å². The Bertz CT molecular complexity index is 541. The normalized spacial score (nSPS) is 11.1. The zero-order valence-electron chi connectivity index (χ0n) is 10.1.